The molecule has 0 aromatic heterocycles. The van der Waals surface area contributed by atoms with Gasteiger partial charge in [-0.2, -0.15) is 0 Å². The Bertz CT molecular complexity index is 433. The van der Waals surface area contributed by atoms with Gasteiger partial charge in [-0.25, -0.2) is 4.79 Å². The van der Waals surface area contributed by atoms with Crippen LogP contribution in [-0.2, 0) is 11.3 Å². The van der Waals surface area contributed by atoms with Crippen molar-refractivity contribution in [2.75, 3.05) is 6.54 Å². The highest BCUT2D eigenvalue weighted by atomic mass is 16.6. The van der Waals surface area contributed by atoms with Gasteiger partial charge in [-0.15, -0.1) is 0 Å². The Morgan fingerprint density at radius 3 is 2.83 bits per heavy atom. The number of hydrogen-bond acceptors (Lipinski definition) is 3. The molecule has 0 unspecified atom stereocenters. The van der Waals surface area contributed by atoms with E-state index < -0.39 is 6.09 Å². The van der Waals surface area contributed by atoms with Crippen LogP contribution in [-0.4, -0.2) is 29.4 Å². The normalized spacial score (nSPS) is 18.7. The maximum atomic E-state index is 11.9. The van der Waals surface area contributed by atoms with Gasteiger partial charge in [-0.1, -0.05) is 30.3 Å². The average molecular weight is 247 g/mol. The zero-order valence-corrected chi connectivity index (χ0v) is 10.1. The smallest absolute Gasteiger partial charge is 0.410 e. The fraction of sp³-hybridized carbons (Fsp3) is 0.385. The first-order chi connectivity index (χ1) is 8.68. The topological polar surface area (TPSA) is 79.4 Å². The zero-order chi connectivity index (χ0) is 13.0. The van der Waals surface area contributed by atoms with E-state index >= 15 is 0 Å². The minimum atomic E-state index is -0.392. The summed E-state index contributed by atoms with van der Waals surface area (Å²) in [6.45, 7) is 0.860. The van der Waals surface area contributed by atoms with E-state index in [2.05, 4.69) is 0 Å². The summed E-state index contributed by atoms with van der Waals surface area (Å²) in [5.74, 6) is 0.0316. The number of carbonyl (C=O) groups excluding carboxylic acids is 1. The molecule has 1 aromatic carbocycles. The van der Waals surface area contributed by atoms with Gasteiger partial charge in [-0.05, 0) is 18.4 Å². The Kier molecular flexibility index (Phi) is 3.82. The predicted octanol–water partition coefficient (Wildman–Crippen LogP) is 1.72. The summed E-state index contributed by atoms with van der Waals surface area (Å²) in [7, 11) is 0. The second-order valence-corrected chi connectivity index (χ2v) is 4.35. The van der Waals surface area contributed by atoms with Crippen LogP contribution in [0.2, 0.25) is 0 Å². The lowest BCUT2D eigenvalue weighted by Gasteiger charge is -2.22. The van der Waals surface area contributed by atoms with Crippen LogP contribution in [0.3, 0.4) is 0 Å². The third-order valence-electron chi connectivity index (χ3n) is 3.05. The maximum Gasteiger partial charge on any atom is 0.410 e. The largest absolute Gasteiger partial charge is 0.445 e. The summed E-state index contributed by atoms with van der Waals surface area (Å²) in [5, 5.41) is 7.44. The standard InChI is InChI=1S/C13H17N3O2/c14-12(15)11-7-4-8-16(11)13(17)18-9-10-5-2-1-3-6-10/h1-3,5-6,11H,4,7-9H2,(H3,14,15)/t11-/m1/s1. The van der Waals surface area contributed by atoms with Crippen LogP contribution >= 0.6 is 0 Å². The molecule has 3 N–H and O–H groups in total. The van der Waals surface area contributed by atoms with E-state index in [9.17, 15) is 4.79 Å². The molecule has 96 valence electrons. The van der Waals surface area contributed by atoms with Gasteiger partial charge in [0.1, 0.15) is 12.4 Å². The van der Waals surface area contributed by atoms with Crippen molar-refractivity contribution < 1.29 is 9.53 Å². The molecule has 2 rings (SSSR count). The minimum absolute atomic E-state index is 0.0316. The van der Waals surface area contributed by atoms with Gasteiger partial charge in [0.25, 0.3) is 0 Å². The number of hydrogen-bond donors (Lipinski definition) is 2. The molecular weight excluding hydrogens is 230 g/mol. The Hall–Kier alpha value is -2.04. The van der Waals surface area contributed by atoms with Crippen molar-refractivity contribution in [1.82, 2.24) is 4.90 Å². The van der Waals surface area contributed by atoms with E-state index in [1.807, 2.05) is 30.3 Å². The predicted molar refractivity (Wildman–Crippen MR) is 68.3 cm³/mol. The lowest BCUT2D eigenvalue weighted by atomic mass is 10.2. The van der Waals surface area contributed by atoms with E-state index in [4.69, 9.17) is 15.9 Å². The average Bonchev–Trinajstić information content (AvgIpc) is 2.86. The summed E-state index contributed by atoms with van der Waals surface area (Å²) < 4.78 is 5.23. The number of benzene rings is 1. The van der Waals surface area contributed by atoms with Gasteiger partial charge in [0.2, 0.25) is 0 Å². The van der Waals surface area contributed by atoms with Gasteiger partial charge in [0, 0.05) is 6.54 Å². The Morgan fingerprint density at radius 1 is 1.44 bits per heavy atom. The Balaban J connectivity index is 1.90. The first-order valence-electron chi connectivity index (χ1n) is 5.99. The summed E-state index contributed by atoms with van der Waals surface area (Å²) >= 11 is 0. The zero-order valence-electron chi connectivity index (χ0n) is 10.1. The summed E-state index contributed by atoms with van der Waals surface area (Å²) in [4.78, 5) is 13.4. The quantitative estimate of drug-likeness (QED) is 0.630. The van der Waals surface area contributed by atoms with E-state index in [0.717, 1.165) is 18.4 Å². The minimum Gasteiger partial charge on any atom is -0.445 e. The third-order valence-corrected chi connectivity index (χ3v) is 3.05. The van der Waals surface area contributed by atoms with Gasteiger partial charge in [0.15, 0.2) is 0 Å². The van der Waals surface area contributed by atoms with Crippen LogP contribution in [0, 0.1) is 5.41 Å². The molecule has 1 atom stereocenters. The van der Waals surface area contributed by atoms with E-state index in [0.29, 0.717) is 6.54 Å². The van der Waals surface area contributed by atoms with Crippen LogP contribution in [0.4, 0.5) is 4.79 Å². The number of amides is 1. The van der Waals surface area contributed by atoms with Crippen molar-refractivity contribution in [3.63, 3.8) is 0 Å². The molecule has 1 heterocycles. The molecule has 0 radical (unpaired) electrons. The molecule has 0 aliphatic carbocycles. The van der Waals surface area contributed by atoms with Crippen molar-refractivity contribution in [3.05, 3.63) is 35.9 Å². The van der Waals surface area contributed by atoms with Crippen LogP contribution in [0.1, 0.15) is 18.4 Å². The van der Waals surface area contributed by atoms with E-state index in [-0.39, 0.29) is 18.5 Å². The number of carbonyl (C=O) groups is 1. The fourth-order valence-corrected chi connectivity index (χ4v) is 2.11. The van der Waals surface area contributed by atoms with Crippen molar-refractivity contribution in [3.8, 4) is 0 Å². The molecule has 1 aliphatic rings. The molecule has 1 aromatic rings. The number of nitrogens with zero attached hydrogens (tertiary/aromatic N) is 1. The van der Waals surface area contributed by atoms with Crippen LogP contribution < -0.4 is 5.73 Å². The molecular formula is C13H17N3O2. The summed E-state index contributed by atoms with van der Waals surface area (Å²) in [5.41, 5.74) is 6.42. The first-order valence-corrected chi connectivity index (χ1v) is 5.99. The van der Waals surface area contributed by atoms with E-state index in [1.165, 1.54) is 4.90 Å². The molecule has 5 nitrogen and oxygen atoms in total. The van der Waals surface area contributed by atoms with Gasteiger partial charge in [-0.3, -0.25) is 10.3 Å². The molecule has 1 aliphatic heterocycles. The van der Waals surface area contributed by atoms with Gasteiger partial charge < -0.3 is 10.5 Å². The number of likely N-dealkylation sites (tertiary alicyclic amines) is 1. The van der Waals surface area contributed by atoms with Crippen LogP contribution in [0.5, 0.6) is 0 Å². The SMILES string of the molecule is N=C(N)[C@H]1CCCN1C(=O)OCc1ccccc1. The molecule has 1 amide bonds. The van der Waals surface area contributed by atoms with Gasteiger partial charge >= 0.3 is 6.09 Å². The van der Waals surface area contributed by atoms with E-state index in [1.54, 1.807) is 0 Å². The van der Waals surface area contributed by atoms with Gasteiger partial charge in [0.05, 0.1) is 6.04 Å². The molecule has 18 heavy (non-hydrogen) atoms. The van der Waals surface area contributed by atoms with Crippen molar-refractivity contribution in [2.45, 2.75) is 25.5 Å². The van der Waals surface area contributed by atoms with Crippen LogP contribution in [0.15, 0.2) is 30.3 Å². The first kappa shape index (κ1) is 12.4. The number of amidine groups is 1. The highest BCUT2D eigenvalue weighted by Crippen LogP contribution is 2.18. The highest BCUT2D eigenvalue weighted by molar-refractivity contribution is 5.86. The molecule has 0 spiro atoms. The Morgan fingerprint density at radius 2 is 2.17 bits per heavy atom. The molecule has 1 saturated heterocycles. The second-order valence-electron chi connectivity index (χ2n) is 4.35. The van der Waals surface area contributed by atoms with Crippen LogP contribution in [0.25, 0.3) is 0 Å². The van der Waals surface area contributed by atoms with Crippen molar-refractivity contribution in [1.29, 1.82) is 5.41 Å². The number of nitrogens with two attached hydrogens (primary N) is 1. The monoisotopic (exact) mass is 247 g/mol. The summed E-state index contributed by atoms with van der Waals surface area (Å²) in [6.07, 6.45) is 1.22. The third kappa shape index (κ3) is 2.80. The fourth-order valence-electron chi connectivity index (χ4n) is 2.11. The summed E-state index contributed by atoms with van der Waals surface area (Å²) in [6, 6.07) is 9.22. The second kappa shape index (κ2) is 5.53. The number of ether oxygens (including phenoxy) is 1. The molecule has 0 bridgehead atoms. The molecule has 0 saturated carbocycles. The highest BCUT2D eigenvalue weighted by Gasteiger charge is 2.31. The Labute approximate surface area is 106 Å². The number of nitrogens with one attached hydrogen (secondary N) is 1. The lowest BCUT2D eigenvalue weighted by molar-refractivity contribution is 0.0991. The molecule has 1 fully saturated rings. The molecule has 5 heteroatoms. The maximum absolute atomic E-state index is 11.9. The van der Waals surface area contributed by atoms with Crippen molar-refractivity contribution >= 4 is 11.9 Å². The van der Waals surface area contributed by atoms with Crippen molar-refractivity contribution in [2.24, 2.45) is 5.73 Å². The number of rotatable bonds is 3. The lowest BCUT2D eigenvalue weighted by Crippen LogP contribution is -2.43.